The van der Waals surface area contributed by atoms with Gasteiger partial charge in [-0.15, -0.1) is 0 Å². The number of aryl methyl sites for hydroxylation is 1. The lowest BCUT2D eigenvalue weighted by molar-refractivity contribution is 0.628. The fourth-order valence-corrected chi connectivity index (χ4v) is 3.54. The van der Waals surface area contributed by atoms with Gasteiger partial charge in [-0.2, -0.15) is 5.10 Å². The number of hydrogen-bond donors (Lipinski definition) is 2. The summed E-state index contributed by atoms with van der Waals surface area (Å²) >= 11 is 0. The van der Waals surface area contributed by atoms with E-state index in [9.17, 15) is 4.39 Å². The smallest absolute Gasteiger partial charge is 0.123 e. The summed E-state index contributed by atoms with van der Waals surface area (Å²) in [4.78, 5) is 7.76. The van der Waals surface area contributed by atoms with Gasteiger partial charge in [-0.05, 0) is 48.4 Å². The molecule has 0 saturated carbocycles. The summed E-state index contributed by atoms with van der Waals surface area (Å²) in [5.74, 6) is 0.699. The van der Waals surface area contributed by atoms with Crippen molar-refractivity contribution in [2.45, 2.75) is 6.92 Å². The molecule has 0 atom stereocenters. The van der Waals surface area contributed by atoms with Crippen LogP contribution in [-0.4, -0.2) is 24.7 Å². The second kappa shape index (κ2) is 6.20. The number of halogens is 1. The Balaban J connectivity index is 1.60. The Labute approximate surface area is 160 Å². The summed E-state index contributed by atoms with van der Waals surface area (Å²) in [6, 6.07) is 16.7. The summed E-state index contributed by atoms with van der Waals surface area (Å²) in [6.07, 6.45) is 1.83. The standard InChI is InChI=1S/C22H18FN5/c1-13-24-12-22(28(13)2)21-11-20(26-27-21)19-10-17-16(7-4-8-18(17)25-19)14-5-3-6-15(23)9-14/h3-12,25H,1-2H3,(H,26,27). The van der Waals surface area contributed by atoms with Crippen molar-refractivity contribution < 1.29 is 4.39 Å². The molecule has 0 aliphatic carbocycles. The molecule has 3 aromatic heterocycles. The molecule has 0 aliphatic rings. The summed E-state index contributed by atoms with van der Waals surface area (Å²) in [5, 5.41) is 8.59. The number of hydrogen-bond acceptors (Lipinski definition) is 2. The van der Waals surface area contributed by atoms with Crippen LogP contribution in [0.3, 0.4) is 0 Å². The summed E-state index contributed by atoms with van der Waals surface area (Å²) in [5.41, 5.74) is 6.42. The number of benzene rings is 2. The van der Waals surface area contributed by atoms with Gasteiger partial charge in [-0.1, -0.05) is 24.3 Å². The Morgan fingerprint density at radius 1 is 1.00 bits per heavy atom. The van der Waals surface area contributed by atoms with Gasteiger partial charge in [0.25, 0.3) is 0 Å². The van der Waals surface area contributed by atoms with E-state index in [0.717, 1.165) is 50.6 Å². The molecular weight excluding hydrogens is 353 g/mol. The fourth-order valence-electron chi connectivity index (χ4n) is 3.54. The molecule has 0 bridgehead atoms. The maximum Gasteiger partial charge on any atom is 0.123 e. The molecule has 0 spiro atoms. The van der Waals surface area contributed by atoms with Crippen LogP contribution in [-0.2, 0) is 7.05 Å². The zero-order valence-corrected chi connectivity index (χ0v) is 15.5. The minimum Gasteiger partial charge on any atom is -0.353 e. The molecule has 5 rings (SSSR count). The molecule has 0 aliphatic heterocycles. The lowest BCUT2D eigenvalue weighted by Gasteiger charge is -2.03. The number of fused-ring (bicyclic) bond motifs is 1. The molecule has 6 heteroatoms. The first-order valence-electron chi connectivity index (χ1n) is 9.02. The van der Waals surface area contributed by atoms with Crippen LogP contribution >= 0.6 is 0 Å². The predicted molar refractivity (Wildman–Crippen MR) is 108 cm³/mol. The highest BCUT2D eigenvalue weighted by Gasteiger charge is 2.13. The van der Waals surface area contributed by atoms with Crippen molar-refractivity contribution in [3.63, 3.8) is 0 Å². The molecule has 2 N–H and O–H groups in total. The monoisotopic (exact) mass is 371 g/mol. The number of H-pyrrole nitrogens is 2. The molecule has 0 radical (unpaired) electrons. The zero-order valence-electron chi connectivity index (χ0n) is 15.5. The van der Waals surface area contributed by atoms with Crippen LogP contribution in [0.1, 0.15) is 5.82 Å². The van der Waals surface area contributed by atoms with Crippen LogP contribution in [0.15, 0.2) is 60.8 Å². The first-order valence-corrected chi connectivity index (χ1v) is 9.02. The van der Waals surface area contributed by atoms with E-state index in [-0.39, 0.29) is 5.82 Å². The highest BCUT2D eigenvalue weighted by atomic mass is 19.1. The molecule has 138 valence electrons. The van der Waals surface area contributed by atoms with Crippen LogP contribution in [0, 0.1) is 12.7 Å². The van der Waals surface area contributed by atoms with Crippen LogP contribution < -0.4 is 0 Å². The minimum atomic E-state index is -0.242. The van der Waals surface area contributed by atoms with Crippen molar-refractivity contribution in [2.75, 3.05) is 0 Å². The molecule has 0 unspecified atom stereocenters. The van der Waals surface area contributed by atoms with Gasteiger partial charge in [0.2, 0.25) is 0 Å². The van der Waals surface area contributed by atoms with Crippen molar-refractivity contribution in [3.8, 4) is 33.9 Å². The van der Waals surface area contributed by atoms with Crippen LogP contribution in [0.5, 0.6) is 0 Å². The first kappa shape index (κ1) is 16.5. The fraction of sp³-hybridized carbons (Fsp3) is 0.0909. The Kier molecular flexibility index (Phi) is 3.65. The normalized spacial score (nSPS) is 11.4. The molecule has 0 amide bonds. The average molecular weight is 371 g/mol. The van der Waals surface area contributed by atoms with Gasteiger partial charge in [-0.3, -0.25) is 5.10 Å². The molecule has 0 saturated heterocycles. The second-order valence-electron chi connectivity index (χ2n) is 6.88. The molecule has 28 heavy (non-hydrogen) atoms. The van der Waals surface area contributed by atoms with E-state index in [1.807, 2.05) is 55.1 Å². The number of rotatable bonds is 3. The number of aromatic amines is 2. The van der Waals surface area contributed by atoms with E-state index >= 15 is 0 Å². The lowest BCUT2D eigenvalue weighted by Crippen LogP contribution is -1.94. The van der Waals surface area contributed by atoms with Crippen molar-refractivity contribution in [1.29, 1.82) is 0 Å². The molecule has 0 fully saturated rings. The topological polar surface area (TPSA) is 62.3 Å². The van der Waals surface area contributed by atoms with E-state index < -0.39 is 0 Å². The SMILES string of the molecule is Cc1ncc(-c2cc(-c3cc4c(-c5cccc(F)c5)cccc4[nH]3)n[nH]2)n1C. The Morgan fingerprint density at radius 3 is 2.64 bits per heavy atom. The van der Waals surface area contributed by atoms with Gasteiger partial charge >= 0.3 is 0 Å². The van der Waals surface area contributed by atoms with Crippen molar-refractivity contribution in [2.24, 2.45) is 7.05 Å². The molecule has 3 heterocycles. The first-order chi connectivity index (χ1) is 13.6. The van der Waals surface area contributed by atoms with E-state index in [1.54, 1.807) is 12.1 Å². The Morgan fingerprint density at radius 2 is 1.86 bits per heavy atom. The Bertz CT molecular complexity index is 1310. The summed E-state index contributed by atoms with van der Waals surface area (Å²) in [7, 11) is 1.98. The summed E-state index contributed by atoms with van der Waals surface area (Å²) < 4.78 is 15.7. The molecular formula is C22H18FN5. The van der Waals surface area contributed by atoms with Crippen molar-refractivity contribution >= 4 is 10.9 Å². The van der Waals surface area contributed by atoms with Gasteiger partial charge in [0.05, 0.1) is 23.3 Å². The number of nitrogens with one attached hydrogen (secondary N) is 2. The number of aromatic nitrogens is 5. The zero-order chi connectivity index (χ0) is 19.3. The maximum absolute atomic E-state index is 13.7. The van der Waals surface area contributed by atoms with Gasteiger partial charge < -0.3 is 9.55 Å². The number of imidazole rings is 1. The third-order valence-corrected chi connectivity index (χ3v) is 5.15. The van der Waals surface area contributed by atoms with E-state index in [4.69, 9.17) is 0 Å². The largest absolute Gasteiger partial charge is 0.353 e. The predicted octanol–water partition coefficient (Wildman–Crippen LogP) is 5.07. The Hall–Kier alpha value is -3.67. The van der Waals surface area contributed by atoms with E-state index in [0.29, 0.717) is 0 Å². The van der Waals surface area contributed by atoms with Gasteiger partial charge in [-0.25, -0.2) is 9.37 Å². The molecule has 5 nitrogen and oxygen atoms in total. The lowest BCUT2D eigenvalue weighted by atomic mass is 10.0. The van der Waals surface area contributed by atoms with E-state index in [2.05, 4.69) is 26.2 Å². The highest BCUT2D eigenvalue weighted by molar-refractivity contribution is 5.98. The van der Waals surface area contributed by atoms with Crippen molar-refractivity contribution in [3.05, 3.63) is 72.4 Å². The van der Waals surface area contributed by atoms with Crippen LogP contribution in [0.2, 0.25) is 0 Å². The van der Waals surface area contributed by atoms with Gasteiger partial charge in [0.1, 0.15) is 17.3 Å². The van der Waals surface area contributed by atoms with E-state index in [1.165, 1.54) is 6.07 Å². The second-order valence-corrected chi connectivity index (χ2v) is 6.88. The minimum absolute atomic E-state index is 0.242. The van der Waals surface area contributed by atoms with Crippen LogP contribution in [0.25, 0.3) is 44.8 Å². The van der Waals surface area contributed by atoms with Crippen LogP contribution in [0.4, 0.5) is 4.39 Å². The quantitative estimate of drug-likeness (QED) is 0.465. The highest BCUT2D eigenvalue weighted by Crippen LogP contribution is 2.33. The average Bonchev–Trinajstić information content (AvgIpc) is 3.40. The van der Waals surface area contributed by atoms with Crippen molar-refractivity contribution in [1.82, 2.24) is 24.7 Å². The number of nitrogens with zero attached hydrogens (tertiary/aromatic N) is 3. The molecule has 2 aromatic carbocycles. The maximum atomic E-state index is 13.7. The third-order valence-electron chi connectivity index (χ3n) is 5.15. The van der Waals surface area contributed by atoms with Gasteiger partial charge in [0, 0.05) is 18.0 Å². The third kappa shape index (κ3) is 2.62. The van der Waals surface area contributed by atoms with Gasteiger partial charge in [0.15, 0.2) is 0 Å². The molecule has 5 aromatic rings. The summed E-state index contributed by atoms with van der Waals surface area (Å²) in [6.45, 7) is 1.96.